The van der Waals surface area contributed by atoms with Gasteiger partial charge in [0.2, 0.25) is 0 Å². The number of pyridine rings is 1. The van der Waals surface area contributed by atoms with Crippen molar-refractivity contribution in [2.75, 3.05) is 11.9 Å². The first kappa shape index (κ1) is 13.2. The molecule has 0 bridgehead atoms. The van der Waals surface area contributed by atoms with Crippen LogP contribution in [0.1, 0.15) is 11.1 Å². The minimum Gasteiger partial charge on any atom is -0.354 e. The molecule has 0 saturated carbocycles. The predicted molar refractivity (Wildman–Crippen MR) is 74.1 cm³/mol. The number of halogens is 2. The molecule has 0 spiro atoms. The highest BCUT2D eigenvalue weighted by Crippen LogP contribution is 2.24. The monoisotopic (exact) mass is 284 g/mol. The molecule has 0 radical (unpaired) electrons. The minimum absolute atomic E-state index is 0.416. The third kappa shape index (κ3) is 2.94. The summed E-state index contributed by atoms with van der Waals surface area (Å²) in [7, 11) is 3.84. The Kier molecular flexibility index (Phi) is 4.09. The second-order valence-electron chi connectivity index (χ2n) is 4.16. The van der Waals surface area contributed by atoms with Crippen molar-refractivity contribution in [1.29, 1.82) is 0 Å². The van der Waals surface area contributed by atoms with E-state index < -0.39 is 0 Å². The summed E-state index contributed by atoms with van der Waals surface area (Å²) < 4.78 is 1.77. The van der Waals surface area contributed by atoms with Gasteiger partial charge in [0.1, 0.15) is 5.82 Å². The van der Waals surface area contributed by atoms with Crippen molar-refractivity contribution in [3.05, 3.63) is 40.8 Å². The van der Waals surface area contributed by atoms with E-state index in [-0.39, 0.29) is 0 Å². The Balaban J connectivity index is 2.15. The van der Waals surface area contributed by atoms with Gasteiger partial charge in [-0.2, -0.15) is 5.10 Å². The van der Waals surface area contributed by atoms with Crippen LogP contribution in [0.15, 0.2) is 24.7 Å². The fourth-order valence-corrected chi connectivity index (χ4v) is 2.21. The molecule has 6 heteroatoms. The lowest BCUT2D eigenvalue weighted by molar-refractivity contribution is 0.766. The number of alkyl halides is 1. The van der Waals surface area contributed by atoms with Crippen LogP contribution in [0.3, 0.4) is 0 Å². The zero-order chi connectivity index (χ0) is 13.1. The number of hydrogen-bond donors (Lipinski definition) is 0. The molecule has 0 N–H and O–H groups in total. The van der Waals surface area contributed by atoms with Crippen molar-refractivity contribution in [2.45, 2.75) is 12.4 Å². The van der Waals surface area contributed by atoms with Crippen molar-refractivity contribution in [2.24, 2.45) is 7.05 Å². The van der Waals surface area contributed by atoms with Gasteiger partial charge < -0.3 is 4.90 Å². The summed E-state index contributed by atoms with van der Waals surface area (Å²) in [5.74, 6) is 1.16. The molecule has 0 aliphatic carbocycles. The zero-order valence-corrected chi connectivity index (χ0v) is 11.8. The van der Waals surface area contributed by atoms with Crippen molar-refractivity contribution in [3.63, 3.8) is 0 Å². The van der Waals surface area contributed by atoms with Crippen LogP contribution < -0.4 is 4.90 Å². The largest absolute Gasteiger partial charge is 0.354 e. The summed E-state index contributed by atoms with van der Waals surface area (Å²) in [5, 5.41) is 4.74. The van der Waals surface area contributed by atoms with E-state index >= 15 is 0 Å². The quantitative estimate of drug-likeness (QED) is 0.810. The van der Waals surface area contributed by atoms with E-state index in [4.69, 9.17) is 23.2 Å². The maximum absolute atomic E-state index is 6.19. The van der Waals surface area contributed by atoms with E-state index in [1.54, 1.807) is 10.9 Å². The molecule has 0 fully saturated rings. The lowest BCUT2D eigenvalue weighted by Crippen LogP contribution is -2.17. The van der Waals surface area contributed by atoms with Gasteiger partial charge in [0, 0.05) is 44.5 Å². The van der Waals surface area contributed by atoms with Crippen LogP contribution in [-0.2, 0) is 19.5 Å². The van der Waals surface area contributed by atoms with Gasteiger partial charge in [-0.3, -0.25) is 4.68 Å². The third-order valence-corrected chi connectivity index (χ3v) is 3.16. The van der Waals surface area contributed by atoms with Gasteiger partial charge in [-0.1, -0.05) is 11.6 Å². The summed E-state index contributed by atoms with van der Waals surface area (Å²) in [6, 6.07) is 1.84. The van der Waals surface area contributed by atoms with E-state index in [1.165, 1.54) is 0 Å². The molecule has 18 heavy (non-hydrogen) atoms. The first-order valence-electron chi connectivity index (χ1n) is 5.49. The smallest absolute Gasteiger partial charge is 0.147 e. The molecule has 0 amide bonds. The van der Waals surface area contributed by atoms with E-state index in [0.717, 1.165) is 16.9 Å². The molecule has 0 aliphatic heterocycles. The minimum atomic E-state index is 0.416. The number of nitrogens with zero attached hydrogens (tertiary/aromatic N) is 4. The van der Waals surface area contributed by atoms with Crippen LogP contribution in [0.5, 0.6) is 0 Å². The van der Waals surface area contributed by atoms with Crippen molar-refractivity contribution < 1.29 is 0 Å². The standard InChI is InChI=1S/C12H14Cl2N4/c1-17(7-10-6-16-18(2)8-10)12-11(14)3-9(4-13)5-15-12/h3,5-6,8H,4,7H2,1-2H3. The predicted octanol–water partition coefficient (Wildman–Crippen LogP) is 2.84. The Bertz CT molecular complexity index is 539. The fourth-order valence-electron chi connectivity index (χ4n) is 1.73. The molecule has 0 aliphatic rings. The average Bonchev–Trinajstić information content (AvgIpc) is 2.74. The third-order valence-electron chi connectivity index (χ3n) is 2.57. The Hall–Kier alpha value is -1.26. The SMILES string of the molecule is CN(Cc1cnn(C)c1)c1ncc(CCl)cc1Cl. The summed E-state index contributed by atoms with van der Waals surface area (Å²) in [5.41, 5.74) is 2.03. The molecule has 0 atom stereocenters. The Morgan fingerprint density at radius 1 is 1.33 bits per heavy atom. The van der Waals surface area contributed by atoms with Crippen molar-refractivity contribution >= 4 is 29.0 Å². The van der Waals surface area contributed by atoms with Gasteiger partial charge >= 0.3 is 0 Å². The lowest BCUT2D eigenvalue weighted by Gasteiger charge is -2.18. The summed E-state index contributed by atoms with van der Waals surface area (Å²) in [4.78, 5) is 6.32. The molecule has 0 unspecified atom stereocenters. The summed E-state index contributed by atoms with van der Waals surface area (Å²) in [6.07, 6.45) is 5.54. The van der Waals surface area contributed by atoms with E-state index in [1.807, 2.05) is 37.5 Å². The summed E-state index contributed by atoms with van der Waals surface area (Å²) >= 11 is 11.9. The molecular weight excluding hydrogens is 271 g/mol. The zero-order valence-electron chi connectivity index (χ0n) is 10.3. The van der Waals surface area contributed by atoms with E-state index in [2.05, 4.69) is 10.1 Å². The normalized spacial score (nSPS) is 10.7. The van der Waals surface area contributed by atoms with E-state index in [0.29, 0.717) is 17.4 Å². The van der Waals surface area contributed by atoms with Crippen LogP contribution in [-0.4, -0.2) is 21.8 Å². The highest BCUT2D eigenvalue weighted by molar-refractivity contribution is 6.33. The summed E-state index contributed by atoms with van der Waals surface area (Å²) in [6.45, 7) is 0.709. The first-order valence-corrected chi connectivity index (χ1v) is 6.40. The number of rotatable bonds is 4. The average molecular weight is 285 g/mol. The number of hydrogen-bond acceptors (Lipinski definition) is 3. The molecule has 0 aromatic carbocycles. The van der Waals surface area contributed by atoms with Gasteiger partial charge in [-0.25, -0.2) is 4.98 Å². The fraction of sp³-hybridized carbons (Fsp3) is 0.333. The molecule has 2 heterocycles. The van der Waals surface area contributed by atoms with Crippen molar-refractivity contribution in [1.82, 2.24) is 14.8 Å². The highest BCUT2D eigenvalue weighted by Gasteiger charge is 2.10. The Labute approximate surface area is 116 Å². The van der Waals surface area contributed by atoms with Crippen LogP contribution in [0.2, 0.25) is 5.02 Å². The van der Waals surface area contributed by atoms with Gasteiger partial charge in [0.15, 0.2) is 0 Å². The van der Waals surface area contributed by atoms with E-state index in [9.17, 15) is 0 Å². The Morgan fingerprint density at radius 3 is 2.67 bits per heavy atom. The van der Waals surface area contributed by atoms with Crippen LogP contribution in [0, 0.1) is 0 Å². The van der Waals surface area contributed by atoms with Gasteiger partial charge in [-0.15, -0.1) is 11.6 Å². The molecule has 2 aromatic heterocycles. The topological polar surface area (TPSA) is 34.0 Å². The molecule has 2 aromatic rings. The van der Waals surface area contributed by atoms with Crippen LogP contribution in [0.4, 0.5) is 5.82 Å². The first-order chi connectivity index (χ1) is 8.60. The lowest BCUT2D eigenvalue weighted by atomic mass is 10.3. The van der Waals surface area contributed by atoms with Crippen LogP contribution in [0.25, 0.3) is 0 Å². The number of aryl methyl sites for hydroxylation is 1. The molecule has 96 valence electrons. The molecule has 0 saturated heterocycles. The van der Waals surface area contributed by atoms with Crippen molar-refractivity contribution in [3.8, 4) is 0 Å². The van der Waals surface area contributed by atoms with Gasteiger partial charge in [0.25, 0.3) is 0 Å². The second kappa shape index (κ2) is 5.59. The molecular formula is C12H14Cl2N4. The van der Waals surface area contributed by atoms with Gasteiger partial charge in [-0.05, 0) is 11.6 Å². The maximum Gasteiger partial charge on any atom is 0.147 e. The second-order valence-corrected chi connectivity index (χ2v) is 4.84. The number of aromatic nitrogens is 3. The molecule has 4 nitrogen and oxygen atoms in total. The molecule has 2 rings (SSSR count). The maximum atomic E-state index is 6.19. The Morgan fingerprint density at radius 2 is 2.11 bits per heavy atom. The van der Waals surface area contributed by atoms with Crippen LogP contribution >= 0.6 is 23.2 Å². The van der Waals surface area contributed by atoms with Gasteiger partial charge in [0.05, 0.1) is 11.2 Å². The highest BCUT2D eigenvalue weighted by atomic mass is 35.5. The number of anilines is 1.